The lowest BCUT2D eigenvalue weighted by Crippen LogP contribution is -2.33. The molecule has 0 radical (unpaired) electrons. The second-order valence-electron chi connectivity index (χ2n) is 6.33. The lowest BCUT2D eigenvalue weighted by atomic mass is 10.1. The molecule has 0 aliphatic heterocycles. The highest BCUT2D eigenvalue weighted by Crippen LogP contribution is 2.28. The zero-order valence-electron chi connectivity index (χ0n) is 13.5. The van der Waals surface area contributed by atoms with Crippen LogP contribution in [0.1, 0.15) is 19.3 Å². The van der Waals surface area contributed by atoms with E-state index in [0.717, 1.165) is 18.6 Å². The predicted octanol–water partition coefficient (Wildman–Crippen LogP) is 3.07. The first-order chi connectivity index (χ1) is 11.9. The van der Waals surface area contributed by atoms with Crippen molar-refractivity contribution < 1.29 is 22.3 Å². The van der Waals surface area contributed by atoms with Crippen LogP contribution in [0.2, 0.25) is 0 Å². The van der Waals surface area contributed by atoms with Crippen LogP contribution in [0, 0.1) is 17.6 Å². The van der Waals surface area contributed by atoms with E-state index in [0.29, 0.717) is 18.4 Å². The summed E-state index contributed by atoms with van der Waals surface area (Å²) in [6, 6.07) is 8.88. The van der Waals surface area contributed by atoms with Crippen LogP contribution in [0.25, 0.3) is 11.1 Å². The molecule has 1 aliphatic carbocycles. The standard InChI is InChI=1S/C18H19F2NO3S/c19-14-4-8-17(18(20)10-14)13-2-6-16(7-3-13)25(23,24)21-15-5-1-12(9-15)11-22/h2-4,6-8,10,12,15,21-22H,1,5,9,11H2/t12?,15-/m1/s1. The van der Waals surface area contributed by atoms with Gasteiger partial charge in [-0.05, 0) is 55.0 Å². The van der Waals surface area contributed by atoms with Crippen molar-refractivity contribution in [1.29, 1.82) is 0 Å². The Morgan fingerprint density at radius 1 is 1.08 bits per heavy atom. The second kappa shape index (κ2) is 7.19. The van der Waals surface area contributed by atoms with Crippen LogP contribution in [0.5, 0.6) is 0 Å². The Balaban J connectivity index is 1.77. The number of halogens is 2. The van der Waals surface area contributed by atoms with Gasteiger partial charge in [0.15, 0.2) is 0 Å². The summed E-state index contributed by atoms with van der Waals surface area (Å²) in [5.41, 5.74) is 0.678. The average Bonchev–Trinajstić information content (AvgIpc) is 3.02. The Labute approximate surface area is 145 Å². The SMILES string of the molecule is O=S(=O)(N[C@@H]1CCC(CO)C1)c1ccc(-c2ccc(F)cc2F)cc1. The van der Waals surface area contributed by atoms with E-state index < -0.39 is 21.7 Å². The molecule has 0 bridgehead atoms. The topological polar surface area (TPSA) is 66.4 Å². The van der Waals surface area contributed by atoms with E-state index in [1.807, 2.05) is 0 Å². The molecule has 0 amide bonds. The van der Waals surface area contributed by atoms with Crippen molar-refractivity contribution in [3.8, 4) is 11.1 Å². The molecule has 2 aromatic rings. The number of aliphatic hydroxyl groups excluding tert-OH is 1. The molecule has 7 heteroatoms. The Kier molecular flexibility index (Phi) is 5.17. The molecule has 1 fully saturated rings. The van der Waals surface area contributed by atoms with Gasteiger partial charge in [0.05, 0.1) is 4.90 Å². The molecule has 0 saturated heterocycles. The summed E-state index contributed by atoms with van der Waals surface area (Å²) in [4.78, 5) is 0.0891. The summed E-state index contributed by atoms with van der Waals surface area (Å²) in [6.45, 7) is 0.0656. The highest BCUT2D eigenvalue weighted by Gasteiger charge is 2.28. The molecule has 0 heterocycles. The molecule has 0 aromatic heterocycles. The minimum absolute atomic E-state index is 0.0656. The summed E-state index contributed by atoms with van der Waals surface area (Å²) in [7, 11) is -3.68. The molecule has 25 heavy (non-hydrogen) atoms. The maximum absolute atomic E-state index is 13.8. The molecule has 2 atom stereocenters. The van der Waals surface area contributed by atoms with Gasteiger partial charge in [0.25, 0.3) is 0 Å². The Hall–Kier alpha value is -1.83. The summed E-state index contributed by atoms with van der Waals surface area (Å²) in [5.74, 6) is -1.23. The third kappa shape index (κ3) is 4.05. The number of hydrogen-bond donors (Lipinski definition) is 2. The van der Waals surface area contributed by atoms with Crippen molar-refractivity contribution in [2.75, 3.05) is 6.61 Å². The van der Waals surface area contributed by atoms with Crippen molar-refractivity contribution in [1.82, 2.24) is 4.72 Å². The van der Waals surface area contributed by atoms with Gasteiger partial charge in [0.2, 0.25) is 10.0 Å². The maximum Gasteiger partial charge on any atom is 0.240 e. The second-order valence-corrected chi connectivity index (χ2v) is 8.04. The fourth-order valence-electron chi connectivity index (χ4n) is 3.17. The Morgan fingerprint density at radius 2 is 1.80 bits per heavy atom. The molecule has 0 spiro atoms. The lowest BCUT2D eigenvalue weighted by molar-refractivity contribution is 0.228. The van der Waals surface area contributed by atoms with Crippen LogP contribution in [0.3, 0.4) is 0 Å². The van der Waals surface area contributed by atoms with Crippen LogP contribution in [-0.2, 0) is 10.0 Å². The van der Waals surface area contributed by atoms with Gasteiger partial charge in [-0.2, -0.15) is 0 Å². The highest BCUT2D eigenvalue weighted by atomic mass is 32.2. The van der Waals surface area contributed by atoms with Crippen molar-refractivity contribution in [3.63, 3.8) is 0 Å². The molecule has 134 valence electrons. The zero-order chi connectivity index (χ0) is 18.0. The first kappa shape index (κ1) is 18.0. The average molecular weight is 367 g/mol. The quantitative estimate of drug-likeness (QED) is 0.854. The maximum atomic E-state index is 13.8. The highest BCUT2D eigenvalue weighted by molar-refractivity contribution is 7.89. The van der Waals surface area contributed by atoms with Crippen molar-refractivity contribution >= 4 is 10.0 Å². The van der Waals surface area contributed by atoms with Gasteiger partial charge < -0.3 is 5.11 Å². The summed E-state index contributed by atoms with van der Waals surface area (Å²) >= 11 is 0. The van der Waals surface area contributed by atoms with Gasteiger partial charge in [0, 0.05) is 24.3 Å². The van der Waals surface area contributed by atoms with E-state index in [1.165, 1.54) is 30.3 Å². The Morgan fingerprint density at radius 3 is 2.40 bits per heavy atom. The molecule has 4 nitrogen and oxygen atoms in total. The monoisotopic (exact) mass is 367 g/mol. The third-order valence-electron chi connectivity index (χ3n) is 4.53. The fourth-order valence-corrected chi connectivity index (χ4v) is 4.46. The van der Waals surface area contributed by atoms with E-state index in [4.69, 9.17) is 5.11 Å². The van der Waals surface area contributed by atoms with E-state index in [1.54, 1.807) is 0 Å². The van der Waals surface area contributed by atoms with Crippen molar-refractivity contribution in [2.45, 2.75) is 30.2 Å². The molecule has 2 N–H and O–H groups in total. The largest absolute Gasteiger partial charge is 0.396 e. The van der Waals surface area contributed by atoms with E-state index in [2.05, 4.69) is 4.72 Å². The number of rotatable bonds is 5. The molecule has 2 aromatic carbocycles. The lowest BCUT2D eigenvalue weighted by Gasteiger charge is -2.13. The van der Waals surface area contributed by atoms with Gasteiger partial charge in [-0.1, -0.05) is 12.1 Å². The van der Waals surface area contributed by atoms with E-state index in [-0.39, 0.29) is 29.0 Å². The van der Waals surface area contributed by atoms with Crippen LogP contribution in [0.4, 0.5) is 8.78 Å². The normalized spacial score (nSPS) is 20.8. The minimum Gasteiger partial charge on any atom is -0.396 e. The van der Waals surface area contributed by atoms with E-state index in [9.17, 15) is 17.2 Å². The summed E-state index contributed by atoms with van der Waals surface area (Å²) in [6.07, 6.45) is 2.12. The molecule has 3 rings (SSSR count). The smallest absolute Gasteiger partial charge is 0.240 e. The van der Waals surface area contributed by atoms with Gasteiger partial charge in [-0.3, -0.25) is 0 Å². The van der Waals surface area contributed by atoms with Crippen LogP contribution in [-0.4, -0.2) is 26.2 Å². The summed E-state index contributed by atoms with van der Waals surface area (Å²) < 4.78 is 54.3. The molecule has 1 aliphatic rings. The number of nitrogens with one attached hydrogen (secondary N) is 1. The fraction of sp³-hybridized carbons (Fsp3) is 0.333. The van der Waals surface area contributed by atoms with Gasteiger partial charge in [-0.15, -0.1) is 0 Å². The van der Waals surface area contributed by atoms with E-state index >= 15 is 0 Å². The van der Waals surface area contributed by atoms with Crippen LogP contribution in [0.15, 0.2) is 47.4 Å². The van der Waals surface area contributed by atoms with Gasteiger partial charge in [0.1, 0.15) is 11.6 Å². The number of aliphatic hydroxyl groups is 1. The van der Waals surface area contributed by atoms with Gasteiger partial charge >= 0.3 is 0 Å². The molecule has 1 unspecified atom stereocenters. The number of benzene rings is 2. The first-order valence-corrected chi connectivity index (χ1v) is 9.56. The summed E-state index contributed by atoms with van der Waals surface area (Å²) in [5, 5.41) is 9.15. The van der Waals surface area contributed by atoms with Crippen molar-refractivity contribution in [2.24, 2.45) is 5.92 Å². The molecular formula is C18H19F2NO3S. The number of sulfonamides is 1. The van der Waals surface area contributed by atoms with Crippen LogP contribution < -0.4 is 4.72 Å². The van der Waals surface area contributed by atoms with Crippen LogP contribution >= 0.6 is 0 Å². The first-order valence-electron chi connectivity index (χ1n) is 8.08. The van der Waals surface area contributed by atoms with Gasteiger partial charge in [-0.25, -0.2) is 21.9 Å². The molecular weight excluding hydrogens is 348 g/mol. The molecule has 1 saturated carbocycles. The predicted molar refractivity (Wildman–Crippen MR) is 90.3 cm³/mol. The zero-order valence-corrected chi connectivity index (χ0v) is 14.3. The third-order valence-corrected chi connectivity index (χ3v) is 6.06. The minimum atomic E-state index is -3.68. The Bertz CT molecular complexity index is 853. The number of hydrogen-bond acceptors (Lipinski definition) is 3. The van der Waals surface area contributed by atoms with Crippen molar-refractivity contribution in [3.05, 3.63) is 54.1 Å².